The van der Waals surface area contributed by atoms with E-state index in [0.29, 0.717) is 0 Å². The highest BCUT2D eigenvalue weighted by molar-refractivity contribution is 5.95. The molecule has 19 heavy (non-hydrogen) atoms. The summed E-state index contributed by atoms with van der Waals surface area (Å²) in [4.78, 5) is 41.5. The maximum Gasteiger partial charge on any atom is 0.313 e. The van der Waals surface area contributed by atoms with Crippen LogP contribution in [0.1, 0.15) is 33.1 Å². The molecule has 0 aliphatic rings. The second-order valence-electron chi connectivity index (χ2n) is 3.80. The van der Waals surface area contributed by atoms with Crippen LogP contribution in [0.3, 0.4) is 0 Å². The van der Waals surface area contributed by atoms with E-state index < -0.39 is 18.0 Å². The maximum atomic E-state index is 10.8. The topological polar surface area (TPSA) is 107 Å². The summed E-state index contributed by atoms with van der Waals surface area (Å²) in [5.74, 6) is -1.50. The van der Waals surface area contributed by atoms with Crippen molar-refractivity contribution in [2.75, 3.05) is 14.2 Å². The molecule has 0 aromatic carbocycles. The largest absolute Gasteiger partial charge is 0.469 e. The maximum absolute atomic E-state index is 10.8. The van der Waals surface area contributed by atoms with Crippen molar-refractivity contribution in [2.45, 2.75) is 39.2 Å². The zero-order valence-electron chi connectivity index (χ0n) is 11.6. The molecule has 0 aliphatic heterocycles. The number of hydrogen-bond donors (Lipinski definition) is 1. The second kappa shape index (κ2) is 11.3. The van der Waals surface area contributed by atoms with E-state index in [2.05, 4.69) is 9.47 Å². The van der Waals surface area contributed by atoms with Crippen LogP contribution in [-0.4, -0.2) is 48.9 Å². The van der Waals surface area contributed by atoms with Gasteiger partial charge >= 0.3 is 11.9 Å². The van der Waals surface area contributed by atoms with Gasteiger partial charge in [-0.15, -0.1) is 0 Å². The van der Waals surface area contributed by atoms with Crippen LogP contribution in [0.4, 0.5) is 0 Å². The fraction of sp³-hybridized carbons (Fsp3) is 0.667. The normalized spacial score (nSPS) is 10.6. The van der Waals surface area contributed by atoms with Gasteiger partial charge in [-0.05, 0) is 13.8 Å². The molecule has 110 valence electrons. The van der Waals surface area contributed by atoms with Crippen LogP contribution in [0.25, 0.3) is 0 Å². The molecule has 7 heteroatoms. The van der Waals surface area contributed by atoms with Crippen molar-refractivity contribution in [1.82, 2.24) is 0 Å². The summed E-state index contributed by atoms with van der Waals surface area (Å²) in [5, 5.41) is 8.74. The van der Waals surface area contributed by atoms with Crippen LogP contribution >= 0.6 is 0 Å². The summed E-state index contributed by atoms with van der Waals surface area (Å²) in [5.41, 5.74) is 0. The van der Waals surface area contributed by atoms with E-state index in [1.54, 1.807) is 0 Å². The van der Waals surface area contributed by atoms with E-state index >= 15 is 0 Å². The number of Topliss-reactive ketones (excluding diaryl/α,β-unsaturated/α-hetero) is 2. The number of hydrogen-bond acceptors (Lipinski definition) is 7. The van der Waals surface area contributed by atoms with Gasteiger partial charge < -0.3 is 14.6 Å². The average molecular weight is 276 g/mol. The quantitative estimate of drug-likeness (QED) is 0.538. The van der Waals surface area contributed by atoms with Crippen LogP contribution in [0.2, 0.25) is 0 Å². The zero-order valence-corrected chi connectivity index (χ0v) is 11.6. The van der Waals surface area contributed by atoms with Crippen molar-refractivity contribution in [3.63, 3.8) is 0 Å². The first kappa shape index (κ1) is 19.6. The molecule has 1 unspecified atom stereocenters. The van der Waals surface area contributed by atoms with Gasteiger partial charge in [0, 0.05) is 6.42 Å². The number of methoxy groups -OCH3 is 2. The summed E-state index contributed by atoms with van der Waals surface area (Å²) >= 11 is 0. The molecule has 0 radical (unpaired) electrons. The van der Waals surface area contributed by atoms with Gasteiger partial charge in [-0.1, -0.05) is 0 Å². The Hall–Kier alpha value is -1.76. The van der Waals surface area contributed by atoms with Gasteiger partial charge in [-0.25, -0.2) is 0 Å². The monoisotopic (exact) mass is 276 g/mol. The molecule has 0 saturated carbocycles. The first-order chi connectivity index (χ1) is 8.72. The van der Waals surface area contributed by atoms with Crippen LogP contribution in [0.15, 0.2) is 0 Å². The first-order valence-corrected chi connectivity index (χ1v) is 5.55. The predicted molar refractivity (Wildman–Crippen MR) is 65.3 cm³/mol. The smallest absolute Gasteiger partial charge is 0.313 e. The lowest BCUT2D eigenvalue weighted by molar-refractivity contribution is -0.144. The molecule has 1 atom stereocenters. The summed E-state index contributed by atoms with van der Waals surface area (Å²) < 4.78 is 8.46. The van der Waals surface area contributed by atoms with Crippen LogP contribution in [0, 0.1) is 0 Å². The minimum absolute atomic E-state index is 0.00903. The Bertz CT molecular complexity index is 320. The number of carbonyl (C=O) groups excluding carboxylic acids is 4. The highest BCUT2D eigenvalue weighted by Gasteiger charge is 2.11. The number of aliphatic hydroxyl groups excluding tert-OH is 1. The van der Waals surface area contributed by atoms with Crippen LogP contribution < -0.4 is 0 Å². The molecule has 0 heterocycles. The molecule has 0 aliphatic carbocycles. The number of ether oxygens (including phenoxy) is 2. The van der Waals surface area contributed by atoms with Gasteiger partial charge in [-0.3, -0.25) is 19.2 Å². The number of rotatable bonds is 6. The highest BCUT2D eigenvalue weighted by Crippen LogP contribution is 1.96. The number of carbonyl (C=O) groups is 4. The van der Waals surface area contributed by atoms with Gasteiger partial charge in [0.15, 0.2) is 0 Å². The van der Waals surface area contributed by atoms with Gasteiger partial charge in [0.25, 0.3) is 0 Å². The third kappa shape index (κ3) is 16.2. The first-order valence-electron chi connectivity index (χ1n) is 5.55. The fourth-order valence-electron chi connectivity index (χ4n) is 0.910. The Morgan fingerprint density at radius 2 is 1.42 bits per heavy atom. The molecular formula is C12H20O7. The van der Waals surface area contributed by atoms with E-state index in [1.165, 1.54) is 28.1 Å². The molecule has 7 nitrogen and oxygen atoms in total. The molecule has 0 spiro atoms. The number of esters is 2. The summed E-state index contributed by atoms with van der Waals surface area (Å²) in [6, 6.07) is 0. The van der Waals surface area contributed by atoms with Crippen molar-refractivity contribution < 1.29 is 33.8 Å². The van der Waals surface area contributed by atoms with E-state index in [9.17, 15) is 19.2 Å². The standard InChI is InChI=1S/C7H12O4.C5H8O3/c1-5(8)3-6(9)4-7(10)11-2;1-4(6)3-5(7)8-2/h5,8H,3-4H2,1-2H3;3H2,1-2H3. The fourth-order valence-corrected chi connectivity index (χ4v) is 0.910. The molecule has 0 bridgehead atoms. The molecule has 0 saturated heterocycles. The molecule has 0 aromatic rings. The Morgan fingerprint density at radius 3 is 1.68 bits per heavy atom. The van der Waals surface area contributed by atoms with Crippen molar-refractivity contribution in [1.29, 1.82) is 0 Å². The summed E-state index contributed by atoms with van der Waals surface area (Å²) in [6.07, 6.45) is -1.04. The van der Waals surface area contributed by atoms with Gasteiger partial charge in [-0.2, -0.15) is 0 Å². The third-order valence-corrected chi connectivity index (χ3v) is 1.71. The molecule has 0 amide bonds. The molecule has 1 N–H and O–H groups in total. The van der Waals surface area contributed by atoms with Gasteiger partial charge in [0.1, 0.15) is 24.4 Å². The summed E-state index contributed by atoms with van der Waals surface area (Å²) in [7, 11) is 2.48. The van der Waals surface area contributed by atoms with E-state index in [-0.39, 0.29) is 30.8 Å². The lowest BCUT2D eigenvalue weighted by Crippen LogP contribution is -2.14. The van der Waals surface area contributed by atoms with Gasteiger partial charge in [0.05, 0.1) is 20.3 Å². The zero-order chi connectivity index (χ0) is 15.4. The van der Waals surface area contributed by atoms with E-state index in [0.717, 1.165) is 0 Å². The Labute approximate surface area is 111 Å². The van der Waals surface area contributed by atoms with Crippen LogP contribution in [0.5, 0.6) is 0 Å². The van der Waals surface area contributed by atoms with Crippen molar-refractivity contribution in [3.05, 3.63) is 0 Å². The SMILES string of the molecule is COC(=O)CC(=O)CC(C)O.COC(=O)CC(C)=O. The minimum Gasteiger partial charge on any atom is -0.469 e. The van der Waals surface area contributed by atoms with E-state index in [1.807, 2.05) is 0 Å². The molecular weight excluding hydrogens is 256 g/mol. The Balaban J connectivity index is 0. The van der Waals surface area contributed by atoms with Crippen LogP contribution in [-0.2, 0) is 28.7 Å². The van der Waals surface area contributed by atoms with Crippen molar-refractivity contribution in [2.24, 2.45) is 0 Å². The van der Waals surface area contributed by atoms with Crippen molar-refractivity contribution in [3.8, 4) is 0 Å². The lowest BCUT2D eigenvalue weighted by atomic mass is 10.1. The van der Waals surface area contributed by atoms with Crippen molar-refractivity contribution >= 4 is 23.5 Å². The molecule has 0 rings (SSSR count). The highest BCUT2D eigenvalue weighted by atomic mass is 16.5. The lowest BCUT2D eigenvalue weighted by Gasteiger charge is -2.01. The summed E-state index contributed by atoms with van der Waals surface area (Å²) in [6.45, 7) is 2.84. The Morgan fingerprint density at radius 1 is 1.00 bits per heavy atom. The third-order valence-electron chi connectivity index (χ3n) is 1.71. The number of aliphatic hydroxyl groups is 1. The van der Waals surface area contributed by atoms with E-state index in [4.69, 9.17) is 5.11 Å². The second-order valence-corrected chi connectivity index (χ2v) is 3.80. The predicted octanol–water partition coefficient (Wildman–Crippen LogP) is 0.0280. The van der Waals surface area contributed by atoms with Gasteiger partial charge in [0.2, 0.25) is 0 Å². The Kier molecular flexibility index (Phi) is 11.7. The molecule has 0 fully saturated rings. The number of ketones is 2. The molecule has 0 aromatic heterocycles. The minimum atomic E-state index is -0.688. The average Bonchev–Trinajstić information content (AvgIpc) is 2.27.